The molecule has 0 fully saturated rings. The molecule has 2 nitrogen and oxygen atoms in total. The third-order valence-electron chi connectivity index (χ3n) is 2.38. The summed E-state index contributed by atoms with van der Waals surface area (Å²) >= 11 is 11.2. The zero-order chi connectivity index (χ0) is 14.0. The number of benzene rings is 2. The summed E-state index contributed by atoms with van der Waals surface area (Å²) in [7, 11) is 0. The van der Waals surface area contributed by atoms with Crippen molar-refractivity contribution in [3.8, 4) is 0 Å². The summed E-state index contributed by atoms with van der Waals surface area (Å²) in [5.41, 5.74) is 0.978. The highest BCUT2D eigenvalue weighted by Gasteiger charge is 2.13. The lowest BCUT2D eigenvalue weighted by Gasteiger charge is -2.09. The molecule has 0 heterocycles. The molecule has 0 atom stereocenters. The van der Waals surface area contributed by atoms with E-state index >= 15 is 0 Å². The van der Waals surface area contributed by atoms with E-state index < -0.39 is 0 Å². The molecule has 2 rings (SSSR count). The number of carbonyl (C=O) groups excluding carboxylic acids is 1. The summed E-state index contributed by atoms with van der Waals surface area (Å²) in [4.78, 5) is 12.1. The summed E-state index contributed by atoms with van der Waals surface area (Å²) in [6.07, 6.45) is 0. The molecule has 2 aromatic rings. The van der Waals surface area contributed by atoms with Crippen molar-refractivity contribution in [2.75, 3.05) is 5.32 Å². The molecule has 0 aromatic heterocycles. The SMILES string of the molecule is O=C(Nc1cccc(Cl)c1Br)c1ccc(F)cc1I. The highest BCUT2D eigenvalue weighted by molar-refractivity contribution is 14.1. The molecule has 0 saturated heterocycles. The Morgan fingerprint density at radius 2 is 2.05 bits per heavy atom. The largest absolute Gasteiger partial charge is 0.321 e. The first-order valence-electron chi connectivity index (χ1n) is 5.19. The van der Waals surface area contributed by atoms with Crippen LogP contribution in [0.3, 0.4) is 0 Å². The second-order valence-electron chi connectivity index (χ2n) is 3.68. The third-order valence-corrected chi connectivity index (χ3v) is 4.67. The van der Waals surface area contributed by atoms with Crippen molar-refractivity contribution in [1.29, 1.82) is 0 Å². The Bertz CT molecular complexity index is 651. The van der Waals surface area contributed by atoms with Crippen LogP contribution >= 0.6 is 50.1 Å². The maximum Gasteiger partial charge on any atom is 0.256 e. The van der Waals surface area contributed by atoms with Crippen molar-refractivity contribution in [3.05, 3.63) is 60.8 Å². The molecule has 1 amide bonds. The number of anilines is 1. The minimum absolute atomic E-state index is 0.313. The molecular weight excluding hydrogens is 447 g/mol. The zero-order valence-electron chi connectivity index (χ0n) is 9.38. The lowest BCUT2D eigenvalue weighted by Crippen LogP contribution is -2.14. The Balaban J connectivity index is 2.28. The van der Waals surface area contributed by atoms with Crippen molar-refractivity contribution in [2.45, 2.75) is 0 Å². The topological polar surface area (TPSA) is 29.1 Å². The monoisotopic (exact) mass is 453 g/mol. The molecule has 0 unspecified atom stereocenters. The van der Waals surface area contributed by atoms with Crippen LogP contribution < -0.4 is 5.32 Å². The number of halogens is 4. The minimum atomic E-state index is -0.370. The fourth-order valence-electron chi connectivity index (χ4n) is 1.46. The lowest BCUT2D eigenvalue weighted by atomic mass is 10.2. The Labute approximate surface area is 136 Å². The fourth-order valence-corrected chi connectivity index (χ4v) is 2.72. The summed E-state index contributed by atoms with van der Waals surface area (Å²) in [6, 6.07) is 9.18. The van der Waals surface area contributed by atoms with E-state index in [0.717, 1.165) is 0 Å². The number of hydrogen-bond acceptors (Lipinski definition) is 1. The average Bonchev–Trinajstić information content (AvgIpc) is 2.34. The quantitative estimate of drug-likeness (QED) is 0.629. The van der Waals surface area contributed by atoms with Gasteiger partial charge in [0, 0.05) is 3.57 Å². The molecule has 2 aromatic carbocycles. The average molecular weight is 454 g/mol. The normalized spacial score (nSPS) is 10.3. The molecule has 0 spiro atoms. The van der Waals surface area contributed by atoms with E-state index in [1.807, 2.05) is 22.6 Å². The molecule has 0 radical (unpaired) electrons. The Morgan fingerprint density at radius 1 is 1.32 bits per heavy atom. The lowest BCUT2D eigenvalue weighted by molar-refractivity contribution is 0.102. The van der Waals surface area contributed by atoms with Crippen LogP contribution in [0.4, 0.5) is 10.1 Å². The smallest absolute Gasteiger partial charge is 0.256 e. The van der Waals surface area contributed by atoms with Crippen LogP contribution in [0.2, 0.25) is 5.02 Å². The van der Waals surface area contributed by atoms with Gasteiger partial charge in [-0.15, -0.1) is 0 Å². The van der Waals surface area contributed by atoms with Crippen LogP contribution in [0.25, 0.3) is 0 Å². The fraction of sp³-hybridized carbons (Fsp3) is 0. The van der Waals surface area contributed by atoms with Crippen LogP contribution in [0.1, 0.15) is 10.4 Å². The van der Waals surface area contributed by atoms with Crippen LogP contribution in [0, 0.1) is 9.39 Å². The van der Waals surface area contributed by atoms with Crippen molar-refractivity contribution in [1.82, 2.24) is 0 Å². The van der Waals surface area contributed by atoms with E-state index in [1.165, 1.54) is 18.2 Å². The van der Waals surface area contributed by atoms with E-state index in [-0.39, 0.29) is 11.7 Å². The molecule has 0 aliphatic rings. The summed E-state index contributed by atoms with van der Waals surface area (Å²) in [5, 5.41) is 3.24. The van der Waals surface area contributed by atoms with Gasteiger partial charge in [0.2, 0.25) is 0 Å². The highest BCUT2D eigenvalue weighted by atomic mass is 127. The van der Waals surface area contributed by atoms with Gasteiger partial charge < -0.3 is 5.32 Å². The first-order chi connectivity index (χ1) is 8.99. The molecule has 6 heteroatoms. The molecule has 0 bridgehead atoms. The van der Waals surface area contributed by atoms with Gasteiger partial charge in [-0.05, 0) is 68.9 Å². The summed E-state index contributed by atoms with van der Waals surface area (Å²) < 4.78 is 14.2. The molecule has 98 valence electrons. The highest BCUT2D eigenvalue weighted by Crippen LogP contribution is 2.30. The van der Waals surface area contributed by atoms with Gasteiger partial charge in [-0.1, -0.05) is 17.7 Å². The molecule has 0 aliphatic carbocycles. The molecule has 0 aliphatic heterocycles. The molecule has 1 N–H and O–H groups in total. The number of hydrogen-bond donors (Lipinski definition) is 1. The predicted molar refractivity (Wildman–Crippen MR) is 86.2 cm³/mol. The van der Waals surface area contributed by atoms with Gasteiger partial charge in [-0.25, -0.2) is 4.39 Å². The van der Waals surface area contributed by atoms with Crippen LogP contribution in [0.5, 0.6) is 0 Å². The van der Waals surface area contributed by atoms with Gasteiger partial charge in [-0.2, -0.15) is 0 Å². The van der Waals surface area contributed by atoms with Crippen LogP contribution in [-0.2, 0) is 0 Å². The summed E-state index contributed by atoms with van der Waals surface area (Å²) in [5.74, 6) is -0.683. The van der Waals surface area contributed by atoms with E-state index in [9.17, 15) is 9.18 Å². The Hall–Kier alpha value is -0.660. The summed E-state index contributed by atoms with van der Waals surface area (Å²) in [6.45, 7) is 0. The molecular formula is C13H7BrClFINO. The second-order valence-corrected chi connectivity index (χ2v) is 6.04. The second kappa shape index (κ2) is 6.19. The minimum Gasteiger partial charge on any atom is -0.321 e. The van der Waals surface area contributed by atoms with Crippen molar-refractivity contribution < 1.29 is 9.18 Å². The first-order valence-corrected chi connectivity index (χ1v) is 7.44. The van der Waals surface area contributed by atoms with Gasteiger partial charge >= 0.3 is 0 Å². The van der Waals surface area contributed by atoms with E-state index in [0.29, 0.717) is 24.3 Å². The van der Waals surface area contributed by atoms with Crippen LogP contribution in [-0.4, -0.2) is 5.91 Å². The van der Waals surface area contributed by atoms with E-state index in [1.54, 1.807) is 18.2 Å². The molecule has 19 heavy (non-hydrogen) atoms. The predicted octanol–water partition coefficient (Wildman–Crippen LogP) is 5.10. The van der Waals surface area contributed by atoms with Crippen molar-refractivity contribution in [2.24, 2.45) is 0 Å². The van der Waals surface area contributed by atoms with Crippen molar-refractivity contribution in [3.63, 3.8) is 0 Å². The van der Waals surface area contributed by atoms with Gasteiger partial charge in [-0.3, -0.25) is 4.79 Å². The van der Waals surface area contributed by atoms with Gasteiger partial charge in [0.15, 0.2) is 0 Å². The maximum atomic E-state index is 13.0. The maximum absolute atomic E-state index is 13.0. The van der Waals surface area contributed by atoms with Crippen molar-refractivity contribution >= 4 is 61.7 Å². The van der Waals surface area contributed by atoms with Gasteiger partial charge in [0.05, 0.1) is 20.7 Å². The van der Waals surface area contributed by atoms with E-state index in [4.69, 9.17) is 11.6 Å². The Morgan fingerprint density at radius 3 is 2.74 bits per heavy atom. The van der Waals surface area contributed by atoms with Crippen LogP contribution in [0.15, 0.2) is 40.9 Å². The Kier molecular flexibility index (Phi) is 4.81. The number of rotatable bonds is 2. The number of nitrogens with one attached hydrogen (secondary N) is 1. The van der Waals surface area contributed by atoms with Gasteiger partial charge in [0.25, 0.3) is 5.91 Å². The first kappa shape index (κ1) is 14.7. The zero-order valence-corrected chi connectivity index (χ0v) is 13.9. The number of amides is 1. The standard InChI is InChI=1S/C13H7BrClFINO/c14-12-9(15)2-1-3-11(12)18-13(19)8-5-4-7(16)6-10(8)17/h1-6H,(H,18,19). The van der Waals surface area contributed by atoms with Gasteiger partial charge in [0.1, 0.15) is 5.82 Å². The third kappa shape index (κ3) is 3.46. The van der Waals surface area contributed by atoms with E-state index in [2.05, 4.69) is 21.2 Å². The number of carbonyl (C=O) groups is 1. The molecule has 0 saturated carbocycles.